The van der Waals surface area contributed by atoms with E-state index < -0.39 is 11.2 Å². The minimum absolute atomic E-state index is 0.186. The second-order valence-electron chi connectivity index (χ2n) is 7.97. The third-order valence-electron chi connectivity index (χ3n) is 5.92. The van der Waals surface area contributed by atoms with E-state index in [1.54, 1.807) is 12.4 Å². The first-order chi connectivity index (χ1) is 14.8. The van der Waals surface area contributed by atoms with Gasteiger partial charge >= 0.3 is 0 Å². The predicted octanol–water partition coefficient (Wildman–Crippen LogP) is 2.17. The number of nitrogens with zero attached hydrogens (tertiary/aromatic N) is 4. The zero-order chi connectivity index (χ0) is 20.3. The van der Waals surface area contributed by atoms with Gasteiger partial charge in [-0.25, -0.2) is 4.98 Å². The molecule has 9 heteroatoms. The summed E-state index contributed by atoms with van der Waals surface area (Å²) < 4.78 is 24.1. The lowest BCUT2D eigenvalue weighted by molar-refractivity contribution is 0.0903. The van der Waals surface area contributed by atoms with Crippen LogP contribution in [0.3, 0.4) is 0 Å². The molecule has 2 aromatic rings. The zero-order valence-electron chi connectivity index (χ0n) is 17.0. The minimum atomic E-state index is -1.02. The molecule has 5 rings (SSSR count). The standard InChI is InChI=1S/C21H27N5O3S/c27-30-14-7-18-19(30)20(23-15-5-12-28-13-6-15)25-21(24-18)26-10-3-17(4-11-26)29-16-1-8-22-9-2-16/h1-2,8-9,15,17H,3-7,10-14H2,(H,23,24,25). The molecule has 0 bridgehead atoms. The number of ether oxygens (including phenoxy) is 2. The van der Waals surface area contributed by atoms with Gasteiger partial charge in [0.25, 0.3) is 0 Å². The summed E-state index contributed by atoms with van der Waals surface area (Å²) in [6.07, 6.45) is 8.15. The molecule has 8 nitrogen and oxygen atoms in total. The van der Waals surface area contributed by atoms with Gasteiger partial charge in [-0.1, -0.05) is 0 Å². The van der Waals surface area contributed by atoms with Crippen molar-refractivity contribution in [1.29, 1.82) is 0 Å². The normalized spacial score (nSPS) is 22.7. The first-order valence-electron chi connectivity index (χ1n) is 10.7. The second kappa shape index (κ2) is 8.95. The van der Waals surface area contributed by atoms with Crippen molar-refractivity contribution in [1.82, 2.24) is 15.0 Å². The van der Waals surface area contributed by atoms with Gasteiger partial charge in [-0.05, 0) is 36.2 Å². The molecule has 3 aliphatic heterocycles. The lowest BCUT2D eigenvalue weighted by atomic mass is 10.1. The Balaban J connectivity index is 1.29. The van der Waals surface area contributed by atoms with Crippen LogP contribution >= 0.6 is 0 Å². The van der Waals surface area contributed by atoms with Crippen LogP contribution in [0.2, 0.25) is 0 Å². The first-order valence-corrected chi connectivity index (χ1v) is 12.0. The quantitative estimate of drug-likeness (QED) is 0.723. The number of hydrogen-bond donors (Lipinski definition) is 1. The fourth-order valence-electron chi connectivity index (χ4n) is 4.24. The molecule has 1 N–H and O–H groups in total. The largest absolute Gasteiger partial charge is 0.611 e. The molecule has 160 valence electrons. The Kier molecular flexibility index (Phi) is 5.92. The van der Waals surface area contributed by atoms with Gasteiger partial charge < -0.3 is 24.2 Å². The van der Waals surface area contributed by atoms with Gasteiger partial charge in [-0.2, -0.15) is 4.98 Å². The summed E-state index contributed by atoms with van der Waals surface area (Å²) in [5.74, 6) is 3.00. The van der Waals surface area contributed by atoms with Crippen LogP contribution in [0.25, 0.3) is 0 Å². The Morgan fingerprint density at radius 3 is 2.63 bits per heavy atom. The fraction of sp³-hybridized carbons (Fsp3) is 0.571. The molecule has 2 fully saturated rings. The average Bonchev–Trinajstić information content (AvgIpc) is 3.17. The van der Waals surface area contributed by atoms with Crippen LogP contribution in [0.5, 0.6) is 5.75 Å². The number of piperidine rings is 1. The van der Waals surface area contributed by atoms with Crippen molar-refractivity contribution in [2.75, 3.05) is 42.3 Å². The summed E-state index contributed by atoms with van der Waals surface area (Å²) in [5.41, 5.74) is 0.933. The Morgan fingerprint density at radius 2 is 1.87 bits per heavy atom. The van der Waals surface area contributed by atoms with Crippen LogP contribution in [0.4, 0.5) is 11.8 Å². The van der Waals surface area contributed by atoms with Crippen molar-refractivity contribution >= 4 is 22.9 Å². The van der Waals surface area contributed by atoms with Crippen molar-refractivity contribution in [2.45, 2.75) is 49.1 Å². The number of hydrogen-bond acceptors (Lipinski definition) is 8. The highest BCUT2D eigenvalue weighted by Gasteiger charge is 2.34. The third kappa shape index (κ3) is 4.33. The predicted molar refractivity (Wildman–Crippen MR) is 115 cm³/mol. The SMILES string of the molecule is [O-][S+]1CCc2nc(N3CCC(Oc4ccncc4)CC3)nc(NC3CCOCC3)c21. The molecule has 1 atom stereocenters. The number of aryl methyl sites for hydroxylation is 1. The van der Waals surface area contributed by atoms with Crippen LogP contribution < -0.4 is 15.0 Å². The van der Waals surface area contributed by atoms with E-state index >= 15 is 0 Å². The molecule has 1 unspecified atom stereocenters. The number of fused-ring (bicyclic) bond motifs is 1. The summed E-state index contributed by atoms with van der Waals surface area (Å²) in [5, 5.41) is 3.55. The summed E-state index contributed by atoms with van der Waals surface area (Å²) in [6.45, 7) is 3.19. The van der Waals surface area contributed by atoms with Crippen molar-refractivity contribution in [2.24, 2.45) is 0 Å². The Labute approximate surface area is 179 Å². The molecule has 2 saturated heterocycles. The van der Waals surface area contributed by atoms with Crippen molar-refractivity contribution in [3.8, 4) is 5.75 Å². The van der Waals surface area contributed by atoms with Gasteiger partial charge in [0, 0.05) is 64.0 Å². The number of pyridine rings is 1. The van der Waals surface area contributed by atoms with E-state index in [4.69, 9.17) is 19.4 Å². The maximum absolute atomic E-state index is 12.6. The highest BCUT2D eigenvalue weighted by Crippen LogP contribution is 2.34. The highest BCUT2D eigenvalue weighted by atomic mass is 32.2. The summed E-state index contributed by atoms with van der Waals surface area (Å²) in [7, 11) is 0. The molecule has 0 radical (unpaired) electrons. The average molecular weight is 430 g/mol. The van der Waals surface area contributed by atoms with E-state index in [0.29, 0.717) is 11.8 Å². The van der Waals surface area contributed by atoms with E-state index in [1.807, 2.05) is 12.1 Å². The van der Waals surface area contributed by atoms with Crippen molar-refractivity contribution in [3.63, 3.8) is 0 Å². The first kappa shape index (κ1) is 19.8. The second-order valence-corrected chi connectivity index (χ2v) is 9.47. The summed E-state index contributed by atoms with van der Waals surface area (Å²) in [4.78, 5) is 16.7. The Bertz CT molecular complexity index is 857. The lowest BCUT2D eigenvalue weighted by Gasteiger charge is -2.32. The fourth-order valence-corrected chi connectivity index (χ4v) is 5.56. The van der Waals surface area contributed by atoms with Crippen LogP contribution in [-0.2, 0) is 22.3 Å². The summed E-state index contributed by atoms with van der Waals surface area (Å²) in [6, 6.07) is 4.09. The number of aromatic nitrogens is 3. The van der Waals surface area contributed by atoms with Crippen molar-refractivity contribution in [3.05, 3.63) is 30.2 Å². The number of nitrogens with one attached hydrogen (secondary N) is 1. The Morgan fingerprint density at radius 1 is 1.10 bits per heavy atom. The molecule has 3 aliphatic rings. The third-order valence-corrected chi connectivity index (χ3v) is 7.37. The monoisotopic (exact) mass is 429 g/mol. The molecular weight excluding hydrogens is 402 g/mol. The van der Waals surface area contributed by atoms with Gasteiger partial charge in [0.05, 0.1) is 0 Å². The Hall–Kier alpha value is -2.10. The van der Waals surface area contributed by atoms with E-state index in [9.17, 15) is 4.55 Å². The number of anilines is 2. The maximum Gasteiger partial charge on any atom is 0.227 e. The molecule has 2 aromatic heterocycles. The van der Waals surface area contributed by atoms with E-state index in [-0.39, 0.29) is 6.10 Å². The topological polar surface area (TPSA) is 95.5 Å². The van der Waals surface area contributed by atoms with Gasteiger partial charge in [0.2, 0.25) is 10.8 Å². The minimum Gasteiger partial charge on any atom is -0.611 e. The van der Waals surface area contributed by atoms with Crippen LogP contribution in [0.1, 0.15) is 31.4 Å². The van der Waals surface area contributed by atoms with Crippen LogP contribution in [-0.4, -0.2) is 63.7 Å². The van der Waals surface area contributed by atoms with Gasteiger partial charge in [-0.15, -0.1) is 0 Å². The maximum atomic E-state index is 12.6. The van der Waals surface area contributed by atoms with Gasteiger partial charge in [-0.3, -0.25) is 4.98 Å². The van der Waals surface area contributed by atoms with Crippen molar-refractivity contribution < 1.29 is 14.0 Å². The molecule has 0 saturated carbocycles. The zero-order valence-corrected chi connectivity index (χ0v) is 17.8. The molecular formula is C21H27N5O3S. The summed E-state index contributed by atoms with van der Waals surface area (Å²) >= 11 is -1.02. The molecule has 0 aromatic carbocycles. The van der Waals surface area contributed by atoms with E-state index in [2.05, 4.69) is 15.2 Å². The number of rotatable bonds is 5. The van der Waals surface area contributed by atoms with Crippen LogP contribution in [0.15, 0.2) is 29.4 Å². The van der Waals surface area contributed by atoms with Gasteiger partial charge in [0.15, 0.2) is 5.82 Å². The molecule has 0 aliphatic carbocycles. The molecule has 0 amide bonds. The van der Waals surface area contributed by atoms with E-state index in [1.165, 1.54) is 0 Å². The smallest absolute Gasteiger partial charge is 0.227 e. The highest BCUT2D eigenvalue weighted by molar-refractivity contribution is 7.91. The molecule has 30 heavy (non-hydrogen) atoms. The molecule has 0 spiro atoms. The molecule has 5 heterocycles. The van der Waals surface area contributed by atoms with Gasteiger partial charge in [0.1, 0.15) is 23.3 Å². The van der Waals surface area contributed by atoms with E-state index in [0.717, 1.165) is 86.5 Å². The van der Waals surface area contributed by atoms with Crippen LogP contribution in [0, 0.1) is 0 Å². The lowest BCUT2D eigenvalue weighted by Crippen LogP contribution is -2.39.